The lowest BCUT2D eigenvalue weighted by Crippen LogP contribution is -2.25. The van der Waals surface area contributed by atoms with Gasteiger partial charge in [0.05, 0.1) is 22.9 Å². The van der Waals surface area contributed by atoms with Crippen LogP contribution in [0, 0.1) is 6.92 Å². The highest BCUT2D eigenvalue weighted by molar-refractivity contribution is 5.94. The number of carbonyl (C=O) groups excluding carboxylic acids is 1. The molecule has 174 valence electrons. The zero-order valence-corrected chi connectivity index (χ0v) is 19.2. The molecule has 8 nitrogen and oxygen atoms in total. The Morgan fingerprint density at radius 2 is 1.94 bits per heavy atom. The fourth-order valence-electron chi connectivity index (χ4n) is 4.46. The summed E-state index contributed by atoms with van der Waals surface area (Å²) < 4.78 is 11.8. The maximum Gasteiger partial charge on any atom is 0.419 e. The van der Waals surface area contributed by atoms with Crippen molar-refractivity contribution in [1.29, 1.82) is 0 Å². The molecule has 0 amide bonds. The predicted molar refractivity (Wildman–Crippen MR) is 126 cm³/mol. The summed E-state index contributed by atoms with van der Waals surface area (Å²) in [5.74, 6) is -0.692. The van der Waals surface area contributed by atoms with Gasteiger partial charge in [-0.05, 0) is 54.9 Å². The summed E-state index contributed by atoms with van der Waals surface area (Å²) in [5.41, 5.74) is 7.19. The second-order valence-electron chi connectivity index (χ2n) is 8.74. The molecule has 34 heavy (non-hydrogen) atoms. The van der Waals surface area contributed by atoms with Crippen molar-refractivity contribution in [2.24, 2.45) is 7.05 Å². The van der Waals surface area contributed by atoms with Gasteiger partial charge in [-0.3, -0.25) is 14.5 Å². The van der Waals surface area contributed by atoms with Crippen molar-refractivity contribution in [2.45, 2.75) is 26.2 Å². The number of benzene rings is 2. The summed E-state index contributed by atoms with van der Waals surface area (Å²) >= 11 is 0. The average Bonchev–Trinajstić information content (AvgIpc) is 3.34. The lowest BCUT2D eigenvalue weighted by atomic mass is 9.95. The van der Waals surface area contributed by atoms with Crippen molar-refractivity contribution < 1.29 is 19.1 Å². The highest BCUT2D eigenvalue weighted by Crippen LogP contribution is 2.29. The van der Waals surface area contributed by atoms with Crippen LogP contribution in [0.25, 0.3) is 22.2 Å². The molecule has 0 aliphatic carbocycles. The lowest BCUT2D eigenvalue weighted by molar-refractivity contribution is 0.0535. The topological polar surface area (TPSA) is 97.8 Å². The summed E-state index contributed by atoms with van der Waals surface area (Å²) in [6, 6.07) is 13.1. The van der Waals surface area contributed by atoms with E-state index in [0.717, 1.165) is 39.0 Å². The Balaban J connectivity index is 1.27. The van der Waals surface area contributed by atoms with Gasteiger partial charge in [-0.25, -0.2) is 9.59 Å². The fourth-order valence-corrected chi connectivity index (χ4v) is 4.46. The molecule has 0 saturated carbocycles. The fraction of sp³-hybridized carbons (Fsp3) is 0.269. The van der Waals surface area contributed by atoms with Gasteiger partial charge in [0.2, 0.25) is 0 Å². The minimum absolute atomic E-state index is 0.260. The van der Waals surface area contributed by atoms with Gasteiger partial charge in [-0.1, -0.05) is 18.2 Å². The Morgan fingerprint density at radius 3 is 2.71 bits per heavy atom. The number of nitrogens with zero attached hydrogens (tertiary/aromatic N) is 3. The molecule has 1 N–H and O–H groups in total. The number of carbonyl (C=O) groups is 1. The minimum Gasteiger partial charge on any atom is -0.457 e. The van der Waals surface area contributed by atoms with E-state index in [4.69, 9.17) is 9.15 Å². The number of aromatic nitrogens is 2. The van der Waals surface area contributed by atoms with E-state index in [9.17, 15) is 14.7 Å². The largest absolute Gasteiger partial charge is 0.457 e. The molecule has 0 bridgehead atoms. The molecule has 5 rings (SSSR count). The maximum absolute atomic E-state index is 11.8. The first-order valence-corrected chi connectivity index (χ1v) is 11.0. The van der Waals surface area contributed by atoms with E-state index in [1.165, 1.54) is 4.57 Å². The van der Waals surface area contributed by atoms with Crippen LogP contribution in [0.4, 0.5) is 0 Å². The molecule has 2 aromatic carbocycles. The monoisotopic (exact) mass is 459 g/mol. The molecular weight excluding hydrogens is 434 g/mol. The third kappa shape index (κ3) is 3.91. The number of ether oxygens (including phenoxy) is 1. The van der Waals surface area contributed by atoms with Gasteiger partial charge in [0.15, 0.2) is 5.58 Å². The Morgan fingerprint density at radius 1 is 1.15 bits per heavy atom. The van der Waals surface area contributed by atoms with Gasteiger partial charge in [-0.2, -0.15) is 0 Å². The van der Waals surface area contributed by atoms with E-state index in [-0.39, 0.29) is 18.3 Å². The van der Waals surface area contributed by atoms with Gasteiger partial charge in [0, 0.05) is 37.5 Å². The molecule has 8 heteroatoms. The second-order valence-corrected chi connectivity index (χ2v) is 8.74. The van der Waals surface area contributed by atoms with Crippen molar-refractivity contribution >= 4 is 17.1 Å². The van der Waals surface area contributed by atoms with Gasteiger partial charge >= 0.3 is 11.7 Å². The third-order valence-corrected chi connectivity index (χ3v) is 6.43. The van der Waals surface area contributed by atoms with Gasteiger partial charge in [-0.15, -0.1) is 0 Å². The van der Waals surface area contributed by atoms with Crippen LogP contribution >= 0.6 is 0 Å². The van der Waals surface area contributed by atoms with Crippen LogP contribution < -0.4 is 5.76 Å². The lowest BCUT2D eigenvalue weighted by Gasteiger charge is -2.22. The predicted octanol–water partition coefficient (Wildman–Crippen LogP) is 3.34. The van der Waals surface area contributed by atoms with E-state index >= 15 is 0 Å². The number of hydrogen-bond donors (Lipinski definition) is 1. The summed E-state index contributed by atoms with van der Waals surface area (Å²) in [7, 11) is 3.61. The number of oxazole rings is 1. The molecule has 3 heterocycles. The summed E-state index contributed by atoms with van der Waals surface area (Å²) in [6.45, 7) is 3.16. The van der Waals surface area contributed by atoms with E-state index in [1.54, 1.807) is 31.4 Å². The molecule has 1 unspecified atom stereocenters. The Labute approximate surface area is 196 Å². The SMILES string of the molecule is Cc1c(C(O)CN(C)Cc2ccc(-c3ccc4oc(=O)n(C)c4c3)cn2)ccc2c1COC2=O. The first-order valence-electron chi connectivity index (χ1n) is 11.0. The Kier molecular flexibility index (Phi) is 5.55. The zero-order chi connectivity index (χ0) is 24.0. The second kappa shape index (κ2) is 8.55. The van der Waals surface area contributed by atoms with Crippen molar-refractivity contribution in [3.8, 4) is 11.1 Å². The summed E-state index contributed by atoms with van der Waals surface area (Å²) in [6.07, 6.45) is 1.11. The van der Waals surface area contributed by atoms with Gasteiger partial charge in [0.25, 0.3) is 0 Å². The molecule has 1 atom stereocenters. The molecule has 0 saturated heterocycles. The van der Waals surface area contributed by atoms with Crippen LogP contribution in [0.3, 0.4) is 0 Å². The first-order chi connectivity index (χ1) is 16.3. The normalized spacial score (nSPS) is 14.0. The zero-order valence-electron chi connectivity index (χ0n) is 19.2. The Bertz CT molecular complexity index is 1450. The minimum atomic E-state index is -0.696. The molecule has 0 spiro atoms. The number of cyclic esters (lactones) is 1. The van der Waals surface area contributed by atoms with Crippen molar-refractivity contribution in [3.05, 3.63) is 87.2 Å². The maximum atomic E-state index is 11.8. The van der Waals surface area contributed by atoms with E-state index in [1.807, 2.05) is 43.1 Å². The van der Waals surface area contributed by atoms with Crippen LogP contribution in [0.5, 0.6) is 0 Å². The van der Waals surface area contributed by atoms with Crippen LogP contribution in [0.15, 0.2) is 57.9 Å². The smallest absolute Gasteiger partial charge is 0.419 e. The molecule has 0 fully saturated rings. The highest BCUT2D eigenvalue weighted by atomic mass is 16.5. The first kappa shape index (κ1) is 22.1. The van der Waals surface area contributed by atoms with Crippen LogP contribution in [0.1, 0.15) is 38.8 Å². The highest BCUT2D eigenvalue weighted by Gasteiger charge is 2.26. The van der Waals surface area contributed by atoms with Crippen molar-refractivity contribution in [3.63, 3.8) is 0 Å². The summed E-state index contributed by atoms with van der Waals surface area (Å²) in [4.78, 5) is 30.1. The van der Waals surface area contributed by atoms with Gasteiger partial charge in [0.1, 0.15) is 6.61 Å². The van der Waals surface area contributed by atoms with Crippen LogP contribution in [-0.2, 0) is 24.9 Å². The number of pyridine rings is 1. The quantitative estimate of drug-likeness (QED) is 0.442. The molecule has 1 aliphatic heterocycles. The standard InChI is InChI=1S/C26H25N3O5/c1-15-19(7-8-20-21(15)14-33-25(20)31)23(30)13-28(2)12-18-6-4-17(11-27-18)16-5-9-24-22(10-16)29(3)26(32)34-24/h4-11,23,30H,12-14H2,1-3H3. The number of aliphatic hydroxyl groups is 1. The van der Waals surface area contributed by atoms with Crippen LogP contribution in [-0.4, -0.2) is 39.1 Å². The molecule has 1 aliphatic rings. The van der Waals surface area contributed by atoms with Crippen molar-refractivity contribution in [2.75, 3.05) is 13.6 Å². The number of fused-ring (bicyclic) bond motifs is 2. The van der Waals surface area contributed by atoms with E-state index in [0.29, 0.717) is 24.2 Å². The molecule has 2 aromatic heterocycles. The van der Waals surface area contributed by atoms with E-state index < -0.39 is 6.10 Å². The molecular formula is C26H25N3O5. The molecule has 4 aromatic rings. The van der Waals surface area contributed by atoms with E-state index in [2.05, 4.69) is 4.98 Å². The summed E-state index contributed by atoms with van der Waals surface area (Å²) in [5, 5.41) is 10.8. The number of rotatable bonds is 6. The molecule has 0 radical (unpaired) electrons. The van der Waals surface area contributed by atoms with Crippen molar-refractivity contribution in [1.82, 2.24) is 14.5 Å². The van der Waals surface area contributed by atoms with Crippen LogP contribution in [0.2, 0.25) is 0 Å². The number of aryl methyl sites for hydroxylation is 1. The number of esters is 1. The number of likely N-dealkylation sites (N-methyl/N-ethyl adjacent to an activating group) is 1. The third-order valence-electron chi connectivity index (χ3n) is 6.43. The Hall–Kier alpha value is -3.75. The number of hydrogen-bond acceptors (Lipinski definition) is 7. The average molecular weight is 460 g/mol. The number of aliphatic hydroxyl groups excluding tert-OH is 1. The van der Waals surface area contributed by atoms with Gasteiger partial charge < -0.3 is 14.3 Å².